The minimum Gasteiger partial charge on any atom is -0.488 e. The molecule has 0 spiro atoms. The standard InChI is InChI=1S/C23H17Cl2NO2/c24-19-10-8-18(22(25)15-19)16-28-23-7-2-1-5-17(23)9-12-21(27)13-11-20-6-3-4-14-26-20/h1-15H,16H2. The third-order valence-corrected chi connectivity index (χ3v) is 4.44. The molecule has 0 N–H and O–H groups in total. The average molecular weight is 410 g/mol. The highest BCUT2D eigenvalue weighted by Crippen LogP contribution is 2.25. The lowest BCUT2D eigenvalue weighted by atomic mass is 10.1. The number of para-hydroxylation sites is 1. The molecule has 0 atom stereocenters. The van der Waals surface area contributed by atoms with Gasteiger partial charge in [-0.15, -0.1) is 0 Å². The van der Waals surface area contributed by atoms with Gasteiger partial charge in [0.25, 0.3) is 0 Å². The Balaban J connectivity index is 1.67. The van der Waals surface area contributed by atoms with Gasteiger partial charge >= 0.3 is 0 Å². The summed E-state index contributed by atoms with van der Waals surface area (Å²) in [4.78, 5) is 16.2. The molecular weight excluding hydrogens is 393 g/mol. The lowest BCUT2D eigenvalue weighted by molar-refractivity contribution is -0.110. The molecule has 0 aliphatic heterocycles. The Hall–Kier alpha value is -2.88. The fourth-order valence-corrected chi connectivity index (χ4v) is 2.88. The van der Waals surface area contributed by atoms with Crippen LogP contribution in [-0.2, 0) is 11.4 Å². The first-order valence-corrected chi connectivity index (χ1v) is 9.34. The Bertz CT molecular complexity index is 1010. The summed E-state index contributed by atoms with van der Waals surface area (Å²) >= 11 is 12.1. The molecule has 140 valence electrons. The van der Waals surface area contributed by atoms with Gasteiger partial charge in [-0.1, -0.05) is 53.5 Å². The van der Waals surface area contributed by atoms with Gasteiger partial charge in [-0.2, -0.15) is 0 Å². The van der Waals surface area contributed by atoms with Crippen molar-refractivity contribution in [3.05, 3.63) is 106 Å². The molecule has 3 nitrogen and oxygen atoms in total. The molecule has 2 aromatic carbocycles. The molecule has 0 unspecified atom stereocenters. The van der Waals surface area contributed by atoms with E-state index in [0.29, 0.717) is 22.4 Å². The van der Waals surface area contributed by atoms with Crippen molar-refractivity contribution in [1.29, 1.82) is 0 Å². The van der Waals surface area contributed by atoms with E-state index in [2.05, 4.69) is 4.98 Å². The zero-order valence-corrected chi connectivity index (χ0v) is 16.4. The Kier molecular flexibility index (Phi) is 7.01. The SMILES string of the molecule is O=C(C=Cc1ccccn1)C=Cc1ccccc1OCc1ccc(Cl)cc1Cl. The monoisotopic (exact) mass is 409 g/mol. The van der Waals surface area contributed by atoms with E-state index in [1.165, 1.54) is 12.2 Å². The summed E-state index contributed by atoms with van der Waals surface area (Å²) in [5, 5.41) is 1.13. The predicted molar refractivity (Wildman–Crippen MR) is 115 cm³/mol. The van der Waals surface area contributed by atoms with Crippen LogP contribution in [0, 0.1) is 0 Å². The lowest BCUT2D eigenvalue weighted by Crippen LogP contribution is -1.98. The Morgan fingerprint density at radius 2 is 1.75 bits per heavy atom. The van der Waals surface area contributed by atoms with E-state index < -0.39 is 0 Å². The molecule has 5 heteroatoms. The second-order valence-electron chi connectivity index (χ2n) is 5.89. The summed E-state index contributed by atoms with van der Waals surface area (Å²) in [5.41, 5.74) is 2.36. The van der Waals surface area contributed by atoms with Crippen LogP contribution in [0.2, 0.25) is 10.0 Å². The zero-order chi connectivity index (χ0) is 19.8. The van der Waals surface area contributed by atoms with Gasteiger partial charge < -0.3 is 4.74 Å². The number of pyridine rings is 1. The summed E-state index contributed by atoms with van der Waals surface area (Å²) in [6.07, 6.45) is 8.06. The van der Waals surface area contributed by atoms with Crippen molar-refractivity contribution in [2.45, 2.75) is 6.61 Å². The number of rotatable bonds is 7. The van der Waals surface area contributed by atoms with Crippen LogP contribution >= 0.6 is 23.2 Å². The van der Waals surface area contributed by atoms with Gasteiger partial charge in [0.1, 0.15) is 12.4 Å². The van der Waals surface area contributed by atoms with Crippen LogP contribution in [0.5, 0.6) is 5.75 Å². The molecule has 0 aliphatic carbocycles. The maximum absolute atomic E-state index is 12.1. The predicted octanol–water partition coefficient (Wildman–Crippen LogP) is 6.26. The molecular formula is C23H17Cl2NO2. The molecule has 0 bridgehead atoms. The maximum atomic E-state index is 12.1. The maximum Gasteiger partial charge on any atom is 0.178 e. The van der Waals surface area contributed by atoms with Crippen molar-refractivity contribution in [2.24, 2.45) is 0 Å². The molecule has 28 heavy (non-hydrogen) atoms. The van der Waals surface area contributed by atoms with Crippen molar-refractivity contribution >= 4 is 41.1 Å². The van der Waals surface area contributed by atoms with Crippen LogP contribution in [0.1, 0.15) is 16.8 Å². The molecule has 3 aromatic rings. The smallest absolute Gasteiger partial charge is 0.178 e. The van der Waals surface area contributed by atoms with Crippen LogP contribution < -0.4 is 4.74 Å². The number of carbonyl (C=O) groups excluding carboxylic acids is 1. The minimum atomic E-state index is -0.138. The normalized spacial score (nSPS) is 11.2. The highest BCUT2D eigenvalue weighted by atomic mass is 35.5. The summed E-state index contributed by atoms with van der Waals surface area (Å²) in [6.45, 7) is 0.300. The van der Waals surface area contributed by atoms with Crippen molar-refractivity contribution < 1.29 is 9.53 Å². The van der Waals surface area contributed by atoms with Crippen LogP contribution in [0.25, 0.3) is 12.2 Å². The third-order valence-electron chi connectivity index (χ3n) is 3.85. The third kappa shape index (κ3) is 5.81. The van der Waals surface area contributed by atoms with Gasteiger partial charge in [-0.3, -0.25) is 9.78 Å². The second-order valence-corrected chi connectivity index (χ2v) is 6.73. The molecule has 0 fully saturated rings. The average Bonchev–Trinajstić information content (AvgIpc) is 2.71. The topological polar surface area (TPSA) is 39.2 Å². The highest BCUT2D eigenvalue weighted by molar-refractivity contribution is 6.35. The van der Waals surface area contributed by atoms with E-state index in [-0.39, 0.29) is 5.78 Å². The Labute approximate surface area is 173 Å². The number of nitrogens with zero attached hydrogens (tertiary/aromatic N) is 1. The van der Waals surface area contributed by atoms with Crippen molar-refractivity contribution in [3.8, 4) is 5.75 Å². The molecule has 0 saturated carbocycles. The van der Waals surface area contributed by atoms with Crippen LogP contribution in [0.4, 0.5) is 0 Å². The first-order valence-electron chi connectivity index (χ1n) is 8.59. The van der Waals surface area contributed by atoms with E-state index in [9.17, 15) is 4.79 Å². The van der Waals surface area contributed by atoms with E-state index >= 15 is 0 Å². The molecule has 1 aromatic heterocycles. The first kappa shape index (κ1) is 19.9. The largest absolute Gasteiger partial charge is 0.488 e. The van der Waals surface area contributed by atoms with Crippen molar-refractivity contribution in [3.63, 3.8) is 0 Å². The van der Waals surface area contributed by atoms with Crippen molar-refractivity contribution in [1.82, 2.24) is 4.98 Å². The van der Waals surface area contributed by atoms with Gasteiger partial charge in [0.2, 0.25) is 0 Å². The Morgan fingerprint density at radius 1 is 0.964 bits per heavy atom. The second kappa shape index (κ2) is 9.88. The van der Waals surface area contributed by atoms with Crippen molar-refractivity contribution in [2.75, 3.05) is 0 Å². The summed E-state index contributed by atoms with van der Waals surface area (Å²) < 4.78 is 5.89. The van der Waals surface area contributed by atoms with E-state index in [0.717, 1.165) is 16.8 Å². The number of benzene rings is 2. The van der Waals surface area contributed by atoms with Crippen LogP contribution in [0.15, 0.2) is 79.0 Å². The fraction of sp³-hybridized carbons (Fsp3) is 0.0435. The molecule has 1 heterocycles. The van der Waals surface area contributed by atoms with E-state index in [4.69, 9.17) is 27.9 Å². The van der Waals surface area contributed by atoms with Gasteiger partial charge in [-0.05, 0) is 54.6 Å². The minimum absolute atomic E-state index is 0.138. The first-order chi connectivity index (χ1) is 13.6. The van der Waals surface area contributed by atoms with Crippen LogP contribution in [-0.4, -0.2) is 10.8 Å². The van der Waals surface area contributed by atoms with Gasteiger partial charge in [0.05, 0.1) is 5.69 Å². The summed E-state index contributed by atoms with van der Waals surface area (Å²) in [6, 6.07) is 18.3. The van der Waals surface area contributed by atoms with Gasteiger partial charge in [-0.25, -0.2) is 0 Å². The van der Waals surface area contributed by atoms with E-state index in [1.807, 2.05) is 48.5 Å². The number of hydrogen-bond acceptors (Lipinski definition) is 3. The summed E-state index contributed by atoms with van der Waals surface area (Å²) in [5.74, 6) is 0.521. The number of hydrogen-bond donors (Lipinski definition) is 0. The highest BCUT2D eigenvalue weighted by Gasteiger charge is 2.05. The number of allylic oxidation sites excluding steroid dienone is 2. The number of ether oxygens (including phenoxy) is 1. The molecule has 0 aliphatic rings. The summed E-state index contributed by atoms with van der Waals surface area (Å²) in [7, 11) is 0. The number of carbonyl (C=O) groups is 1. The number of ketones is 1. The Morgan fingerprint density at radius 3 is 2.54 bits per heavy atom. The molecule has 3 rings (SSSR count). The fourth-order valence-electron chi connectivity index (χ4n) is 2.41. The zero-order valence-electron chi connectivity index (χ0n) is 14.9. The van der Waals surface area contributed by atoms with Gasteiger partial charge in [0.15, 0.2) is 5.78 Å². The van der Waals surface area contributed by atoms with Gasteiger partial charge in [0, 0.05) is 27.4 Å². The van der Waals surface area contributed by atoms with Crippen LogP contribution in [0.3, 0.4) is 0 Å². The molecule has 0 amide bonds. The number of aromatic nitrogens is 1. The number of halogens is 2. The lowest BCUT2D eigenvalue weighted by Gasteiger charge is -2.10. The molecule has 0 radical (unpaired) electrons. The van der Waals surface area contributed by atoms with E-state index in [1.54, 1.807) is 30.5 Å². The molecule has 0 saturated heterocycles. The quantitative estimate of drug-likeness (QED) is 0.432.